The van der Waals surface area contributed by atoms with E-state index in [2.05, 4.69) is 20.3 Å². The van der Waals surface area contributed by atoms with Gasteiger partial charge in [-0.1, -0.05) is 23.7 Å². The number of nitrogens with two attached hydrogens (primary N) is 1. The Morgan fingerprint density at radius 1 is 1.29 bits per heavy atom. The number of ether oxygens (including phenoxy) is 1. The van der Waals surface area contributed by atoms with Gasteiger partial charge in [-0.25, -0.2) is 19.7 Å². The lowest BCUT2D eigenvalue weighted by Crippen LogP contribution is -2.39. The van der Waals surface area contributed by atoms with Gasteiger partial charge in [-0.2, -0.15) is 0 Å². The minimum atomic E-state index is -0.801. The fourth-order valence-electron chi connectivity index (χ4n) is 2.57. The largest absolute Gasteiger partial charge is 0.464 e. The molecule has 2 heterocycles. The third-order valence-electron chi connectivity index (χ3n) is 4.04. The SMILES string of the molecule is C[C@H](NC(=O)c1ccccc1Cl)C(=O)OCCCn1cnc2c(N)ncnc21. The van der Waals surface area contributed by atoms with Crippen LogP contribution in [0.3, 0.4) is 0 Å². The molecule has 1 atom stereocenters. The molecule has 3 N–H and O–H groups in total. The second-order valence-electron chi connectivity index (χ2n) is 6.07. The highest BCUT2D eigenvalue weighted by Gasteiger charge is 2.19. The van der Waals surface area contributed by atoms with Gasteiger partial charge in [0, 0.05) is 6.54 Å². The molecule has 0 aliphatic rings. The van der Waals surface area contributed by atoms with E-state index in [9.17, 15) is 9.59 Å². The maximum atomic E-state index is 12.2. The van der Waals surface area contributed by atoms with Crippen molar-refractivity contribution in [1.82, 2.24) is 24.8 Å². The van der Waals surface area contributed by atoms with Crippen molar-refractivity contribution >= 4 is 40.5 Å². The Kier molecular flexibility index (Phi) is 6.05. The molecule has 9 nitrogen and oxygen atoms in total. The molecule has 146 valence electrons. The summed E-state index contributed by atoms with van der Waals surface area (Å²) in [6, 6.07) is 5.81. The maximum Gasteiger partial charge on any atom is 0.328 e. The second-order valence-corrected chi connectivity index (χ2v) is 6.47. The van der Waals surface area contributed by atoms with Gasteiger partial charge in [-0.15, -0.1) is 0 Å². The molecule has 0 unspecified atom stereocenters. The molecule has 0 spiro atoms. The first kappa shape index (κ1) is 19.6. The van der Waals surface area contributed by atoms with Crippen molar-refractivity contribution in [3.05, 3.63) is 47.5 Å². The zero-order valence-electron chi connectivity index (χ0n) is 15.1. The summed E-state index contributed by atoms with van der Waals surface area (Å²) in [5, 5.41) is 2.89. The van der Waals surface area contributed by atoms with E-state index in [0.29, 0.717) is 40.5 Å². The molecule has 0 aliphatic carbocycles. The number of esters is 1. The number of nitrogen functional groups attached to an aromatic ring is 1. The number of nitrogens with zero attached hydrogens (tertiary/aromatic N) is 4. The topological polar surface area (TPSA) is 125 Å². The highest BCUT2D eigenvalue weighted by atomic mass is 35.5. The predicted octanol–water partition coefficient (Wildman–Crippen LogP) is 1.81. The number of hydrogen-bond acceptors (Lipinski definition) is 7. The van der Waals surface area contributed by atoms with Gasteiger partial charge in [0.1, 0.15) is 17.9 Å². The number of hydrogen-bond donors (Lipinski definition) is 2. The molecule has 0 radical (unpaired) electrons. The first-order chi connectivity index (χ1) is 13.5. The quantitative estimate of drug-likeness (QED) is 0.456. The molecule has 0 fully saturated rings. The first-order valence-electron chi connectivity index (χ1n) is 8.60. The van der Waals surface area contributed by atoms with Crippen molar-refractivity contribution in [2.45, 2.75) is 25.9 Å². The van der Waals surface area contributed by atoms with E-state index in [1.54, 1.807) is 37.5 Å². The summed E-state index contributed by atoms with van der Waals surface area (Å²) in [4.78, 5) is 36.5. The third kappa shape index (κ3) is 4.37. The summed E-state index contributed by atoms with van der Waals surface area (Å²) in [5.74, 6) is -0.641. The maximum absolute atomic E-state index is 12.2. The van der Waals surface area contributed by atoms with Gasteiger partial charge >= 0.3 is 5.97 Å². The molecule has 3 rings (SSSR count). The fraction of sp³-hybridized carbons (Fsp3) is 0.278. The lowest BCUT2D eigenvalue weighted by molar-refractivity contribution is -0.145. The van der Waals surface area contributed by atoms with Crippen LogP contribution in [0.15, 0.2) is 36.9 Å². The Morgan fingerprint density at radius 2 is 2.07 bits per heavy atom. The van der Waals surface area contributed by atoms with Crippen molar-refractivity contribution in [2.75, 3.05) is 12.3 Å². The predicted molar refractivity (Wildman–Crippen MR) is 104 cm³/mol. The number of nitrogens with one attached hydrogen (secondary N) is 1. The zero-order valence-corrected chi connectivity index (χ0v) is 15.9. The van der Waals surface area contributed by atoms with E-state index >= 15 is 0 Å². The smallest absolute Gasteiger partial charge is 0.328 e. The van der Waals surface area contributed by atoms with E-state index in [1.807, 2.05) is 4.57 Å². The van der Waals surface area contributed by atoms with Crippen molar-refractivity contribution in [1.29, 1.82) is 0 Å². The summed E-state index contributed by atoms with van der Waals surface area (Å²) in [6.45, 7) is 2.28. The minimum Gasteiger partial charge on any atom is -0.464 e. The molecule has 2 aromatic heterocycles. The van der Waals surface area contributed by atoms with E-state index < -0.39 is 17.9 Å². The standard InChI is InChI=1S/C18H19ClN6O3/c1-11(24-17(26)12-5-2-3-6-13(12)19)18(27)28-8-4-7-25-10-23-14-15(20)21-9-22-16(14)25/h2-3,5-6,9-11H,4,7-8H2,1H3,(H,24,26)(H2,20,21,22)/t11-/m0/s1. The number of carbonyl (C=O) groups excluding carboxylic acids is 2. The van der Waals surface area contributed by atoms with Crippen LogP contribution in [-0.4, -0.2) is 44.0 Å². The lowest BCUT2D eigenvalue weighted by atomic mass is 10.2. The molecule has 28 heavy (non-hydrogen) atoms. The summed E-state index contributed by atoms with van der Waals surface area (Å²) < 4.78 is 7.04. The molecule has 0 saturated heterocycles. The van der Waals surface area contributed by atoms with Crippen LogP contribution in [0.4, 0.5) is 5.82 Å². The van der Waals surface area contributed by atoms with Crippen LogP contribution in [0.2, 0.25) is 5.02 Å². The summed E-state index contributed by atoms with van der Waals surface area (Å²) in [6.07, 6.45) is 3.54. The van der Waals surface area contributed by atoms with Crippen LogP contribution in [0, 0.1) is 0 Å². The number of imidazole rings is 1. The first-order valence-corrected chi connectivity index (χ1v) is 8.98. The monoisotopic (exact) mass is 402 g/mol. The Morgan fingerprint density at radius 3 is 2.86 bits per heavy atom. The van der Waals surface area contributed by atoms with Gasteiger partial charge < -0.3 is 20.4 Å². The number of fused-ring (bicyclic) bond motifs is 1. The molecule has 10 heteroatoms. The summed E-state index contributed by atoms with van der Waals surface area (Å²) in [5.41, 5.74) is 7.21. The highest BCUT2D eigenvalue weighted by molar-refractivity contribution is 6.33. The zero-order chi connectivity index (χ0) is 20.1. The van der Waals surface area contributed by atoms with Crippen LogP contribution in [0.25, 0.3) is 11.2 Å². The molecule has 0 aliphatic heterocycles. The van der Waals surface area contributed by atoms with E-state index in [0.717, 1.165) is 0 Å². The summed E-state index contributed by atoms with van der Waals surface area (Å²) >= 11 is 5.98. The number of carbonyl (C=O) groups is 2. The molecular weight excluding hydrogens is 384 g/mol. The van der Waals surface area contributed by atoms with Gasteiger partial charge in [0.15, 0.2) is 11.5 Å². The van der Waals surface area contributed by atoms with Gasteiger partial charge in [-0.05, 0) is 25.5 Å². The molecule has 3 aromatic rings. The minimum absolute atomic E-state index is 0.186. The van der Waals surface area contributed by atoms with Crippen molar-refractivity contribution in [3.63, 3.8) is 0 Å². The van der Waals surface area contributed by atoms with Gasteiger partial charge in [0.05, 0.1) is 23.5 Å². The number of anilines is 1. The van der Waals surface area contributed by atoms with Crippen molar-refractivity contribution in [2.24, 2.45) is 0 Å². The number of amides is 1. The number of benzene rings is 1. The molecule has 0 bridgehead atoms. The van der Waals surface area contributed by atoms with Crippen LogP contribution in [0.5, 0.6) is 0 Å². The van der Waals surface area contributed by atoms with Gasteiger partial charge in [0.25, 0.3) is 5.91 Å². The van der Waals surface area contributed by atoms with E-state index in [-0.39, 0.29) is 6.61 Å². The molecular formula is C18H19ClN6O3. The van der Waals surface area contributed by atoms with E-state index in [4.69, 9.17) is 22.1 Å². The average Bonchev–Trinajstić information content (AvgIpc) is 3.09. The van der Waals surface area contributed by atoms with Gasteiger partial charge in [-0.3, -0.25) is 4.79 Å². The molecule has 1 aromatic carbocycles. The number of aryl methyl sites for hydroxylation is 1. The second kappa shape index (κ2) is 8.66. The fourth-order valence-corrected chi connectivity index (χ4v) is 2.80. The Labute approximate surface area is 165 Å². The Balaban J connectivity index is 1.46. The molecule has 1 amide bonds. The average molecular weight is 403 g/mol. The van der Waals surface area contributed by atoms with Crippen LogP contribution >= 0.6 is 11.6 Å². The number of halogens is 1. The number of aromatic nitrogens is 4. The number of rotatable bonds is 7. The lowest BCUT2D eigenvalue weighted by Gasteiger charge is -2.14. The molecule has 0 saturated carbocycles. The normalized spacial score (nSPS) is 11.9. The Hall–Kier alpha value is -3.20. The van der Waals surface area contributed by atoms with Crippen LogP contribution in [-0.2, 0) is 16.1 Å². The summed E-state index contributed by atoms with van der Waals surface area (Å²) in [7, 11) is 0. The van der Waals surface area contributed by atoms with Gasteiger partial charge in [0.2, 0.25) is 0 Å². The van der Waals surface area contributed by atoms with Crippen LogP contribution < -0.4 is 11.1 Å². The Bertz CT molecular complexity index is 1010. The van der Waals surface area contributed by atoms with Crippen LogP contribution in [0.1, 0.15) is 23.7 Å². The van der Waals surface area contributed by atoms with E-state index in [1.165, 1.54) is 6.33 Å². The highest BCUT2D eigenvalue weighted by Crippen LogP contribution is 2.15. The van der Waals surface area contributed by atoms with Crippen molar-refractivity contribution < 1.29 is 14.3 Å². The van der Waals surface area contributed by atoms with Crippen molar-refractivity contribution in [3.8, 4) is 0 Å². The third-order valence-corrected chi connectivity index (χ3v) is 4.37.